The van der Waals surface area contributed by atoms with Gasteiger partial charge in [0.25, 0.3) is 6.71 Å². The molecule has 13 rings (SSSR count). The molecule has 3 heterocycles. The van der Waals surface area contributed by atoms with Crippen LogP contribution < -0.4 is 31.1 Å². The molecule has 9 aromatic carbocycles. The van der Waals surface area contributed by atoms with Gasteiger partial charge in [0.2, 0.25) is 0 Å². The molecular weight excluding hydrogens is 1060 g/mol. The Bertz CT molecular complexity index is 4300. The predicted octanol–water partition coefficient (Wildman–Crippen LogP) is 21.7. The molecule has 3 nitrogen and oxygen atoms in total. The lowest BCUT2D eigenvalue weighted by atomic mass is 9.33. The Labute approximate surface area is 519 Å². The Morgan fingerprint density at radius 3 is 1.31 bits per heavy atom. The minimum atomic E-state index is -0.186. The zero-order valence-electron chi connectivity index (χ0n) is 55.0. The monoisotopic (exact) mass is 1150 g/mol. The van der Waals surface area contributed by atoms with E-state index in [1.807, 2.05) is 11.3 Å². The first kappa shape index (κ1) is 57.7. The van der Waals surface area contributed by atoms with Crippen molar-refractivity contribution in [2.45, 2.75) is 176 Å². The number of fused-ring (bicyclic) bond motifs is 10. The third kappa shape index (κ3) is 9.44. The second-order valence-electron chi connectivity index (χ2n) is 32.1. The first-order chi connectivity index (χ1) is 40.2. The standard InChI is InChI=1S/C81H88BN3S/c1-75(2,3)49-25-33-55(34-26-49)83(56-35-27-50(28-36-56)76(4,5)6)58-45-62-61-47-64-60(59-23-21-22-24-63(59)81(64,19)20)48-72(61)86-74(62)71(46-58)85-68-40-32-53(79(13,14)15)42-66(68)82-65-41-52(78(10,11)12)31-39-67(65)84(57-37-29-51(30-38-57)77(7,8)9)69-43-54(80(16,17)18)44-70(85)73(69)82/h21-48H,1-20H3. The smallest absolute Gasteiger partial charge is 0.252 e. The van der Waals surface area contributed by atoms with Gasteiger partial charge < -0.3 is 14.7 Å². The summed E-state index contributed by atoms with van der Waals surface area (Å²) < 4.78 is 2.59. The van der Waals surface area contributed by atoms with Gasteiger partial charge >= 0.3 is 0 Å². The quantitative estimate of drug-likeness (QED) is 0.159. The van der Waals surface area contributed by atoms with Gasteiger partial charge in [-0.3, -0.25) is 0 Å². The van der Waals surface area contributed by atoms with Gasteiger partial charge in [0, 0.05) is 66.4 Å². The SMILES string of the molecule is CC(C)(C)c1ccc(N(c2ccc(C(C)(C)C)cc2)c2cc(N3c4ccc(C(C)(C)C)cc4B4c5cc(C(C)(C)C)ccc5N(c5ccc(C(C)(C)C)cc5)c5cc(C(C)(C)C)cc3c54)c3sc4cc5c(cc4c3c2)C(C)(C)c2ccccc2-5)cc1. The van der Waals surface area contributed by atoms with Gasteiger partial charge in [-0.15, -0.1) is 11.3 Å². The fourth-order valence-corrected chi connectivity index (χ4v) is 15.2. The summed E-state index contributed by atoms with van der Waals surface area (Å²) in [7, 11) is 0. The second kappa shape index (κ2) is 19.3. The van der Waals surface area contributed by atoms with E-state index in [-0.39, 0.29) is 44.6 Å². The lowest BCUT2D eigenvalue weighted by molar-refractivity contribution is 0.589. The Kier molecular flexibility index (Phi) is 13.0. The summed E-state index contributed by atoms with van der Waals surface area (Å²) in [6, 6.07) is 67.6. The molecule has 436 valence electrons. The number of rotatable bonds is 5. The lowest BCUT2D eigenvalue weighted by Crippen LogP contribution is -2.61. The van der Waals surface area contributed by atoms with Gasteiger partial charge in [0.1, 0.15) is 0 Å². The Balaban J connectivity index is 1.18. The molecule has 0 fully saturated rings. The van der Waals surface area contributed by atoms with Gasteiger partial charge in [-0.1, -0.05) is 223 Å². The summed E-state index contributed by atoms with van der Waals surface area (Å²) in [6.45, 7) is 47.0. The molecule has 5 heteroatoms. The van der Waals surface area contributed by atoms with Crippen molar-refractivity contribution in [1.82, 2.24) is 0 Å². The largest absolute Gasteiger partial charge is 0.311 e. The molecule has 86 heavy (non-hydrogen) atoms. The third-order valence-electron chi connectivity index (χ3n) is 19.4. The minimum absolute atomic E-state index is 0.000463. The van der Waals surface area contributed by atoms with Crippen molar-refractivity contribution in [1.29, 1.82) is 0 Å². The van der Waals surface area contributed by atoms with Gasteiger partial charge in [0.05, 0.1) is 10.4 Å². The predicted molar refractivity (Wildman–Crippen MR) is 378 cm³/mol. The molecule has 1 aliphatic carbocycles. The van der Waals surface area contributed by atoms with Crippen LogP contribution >= 0.6 is 11.3 Å². The highest BCUT2D eigenvalue weighted by atomic mass is 32.1. The summed E-state index contributed by atoms with van der Waals surface area (Å²) in [6.07, 6.45) is 0. The minimum Gasteiger partial charge on any atom is -0.311 e. The highest BCUT2D eigenvalue weighted by Gasteiger charge is 2.46. The Hall–Kier alpha value is -7.34. The number of hydrogen-bond donors (Lipinski definition) is 0. The maximum atomic E-state index is 2.73. The van der Waals surface area contributed by atoms with Crippen molar-refractivity contribution in [3.63, 3.8) is 0 Å². The number of benzene rings is 9. The summed E-state index contributed by atoms with van der Waals surface area (Å²) in [5.74, 6) is 0. The number of thiophene rings is 1. The summed E-state index contributed by atoms with van der Waals surface area (Å²) in [4.78, 5) is 7.87. The molecule has 0 atom stereocenters. The van der Waals surface area contributed by atoms with Crippen LogP contribution in [0.5, 0.6) is 0 Å². The van der Waals surface area contributed by atoms with Crippen molar-refractivity contribution in [3.05, 3.63) is 214 Å². The first-order valence-electron chi connectivity index (χ1n) is 31.5. The fraction of sp³-hybridized carbons (Fsp3) is 0.333. The van der Waals surface area contributed by atoms with Crippen LogP contribution in [0.4, 0.5) is 51.2 Å². The highest BCUT2D eigenvalue weighted by molar-refractivity contribution is 7.26. The summed E-state index contributed by atoms with van der Waals surface area (Å²) in [5, 5.41) is 2.57. The topological polar surface area (TPSA) is 9.72 Å². The van der Waals surface area contributed by atoms with Crippen LogP contribution in [0.2, 0.25) is 0 Å². The number of hydrogen-bond acceptors (Lipinski definition) is 4. The van der Waals surface area contributed by atoms with Gasteiger partial charge in [-0.2, -0.15) is 0 Å². The summed E-state index contributed by atoms with van der Waals surface area (Å²) >= 11 is 1.96. The maximum Gasteiger partial charge on any atom is 0.252 e. The van der Waals surface area contributed by atoms with E-state index in [1.165, 1.54) is 126 Å². The lowest BCUT2D eigenvalue weighted by Gasteiger charge is -2.46. The van der Waals surface area contributed by atoms with Crippen molar-refractivity contribution in [2.75, 3.05) is 14.7 Å². The average molecular weight is 1150 g/mol. The van der Waals surface area contributed by atoms with E-state index in [0.29, 0.717) is 0 Å². The Morgan fingerprint density at radius 1 is 0.360 bits per heavy atom. The van der Waals surface area contributed by atoms with Crippen LogP contribution in [0.15, 0.2) is 170 Å². The fourth-order valence-electron chi connectivity index (χ4n) is 14.0. The van der Waals surface area contributed by atoms with E-state index >= 15 is 0 Å². The van der Waals surface area contributed by atoms with Crippen LogP contribution in [-0.4, -0.2) is 6.71 Å². The van der Waals surface area contributed by atoms with Gasteiger partial charge in [-0.05, 0) is 189 Å². The molecule has 0 spiro atoms. The van der Waals surface area contributed by atoms with Crippen LogP contribution in [0.3, 0.4) is 0 Å². The van der Waals surface area contributed by atoms with E-state index in [2.05, 4.69) is 323 Å². The zero-order chi connectivity index (χ0) is 61.3. The van der Waals surface area contributed by atoms with Crippen LogP contribution in [0, 0.1) is 0 Å². The van der Waals surface area contributed by atoms with Gasteiger partial charge in [0.15, 0.2) is 0 Å². The molecule has 0 saturated carbocycles. The zero-order valence-corrected chi connectivity index (χ0v) is 55.8. The second-order valence-corrected chi connectivity index (χ2v) is 33.1. The molecule has 0 bridgehead atoms. The average Bonchev–Trinajstić information content (AvgIpc) is 0.936. The third-order valence-corrected chi connectivity index (χ3v) is 20.6. The first-order valence-corrected chi connectivity index (χ1v) is 32.3. The van der Waals surface area contributed by atoms with Crippen LogP contribution in [0.1, 0.15) is 183 Å². The van der Waals surface area contributed by atoms with E-state index < -0.39 is 0 Å². The van der Waals surface area contributed by atoms with E-state index in [4.69, 9.17) is 0 Å². The highest BCUT2D eigenvalue weighted by Crippen LogP contribution is 2.56. The molecule has 2 aliphatic heterocycles. The van der Waals surface area contributed by atoms with E-state index in [0.717, 1.165) is 17.1 Å². The number of nitrogens with zero attached hydrogens (tertiary/aromatic N) is 3. The van der Waals surface area contributed by atoms with Gasteiger partial charge in [-0.25, -0.2) is 0 Å². The number of anilines is 9. The van der Waals surface area contributed by atoms with Crippen molar-refractivity contribution in [3.8, 4) is 11.1 Å². The van der Waals surface area contributed by atoms with Crippen molar-refractivity contribution in [2.24, 2.45) is 0 Å². The molecule has 0 radical (unpaired) electrons. The van der Waals surface area contributed by atoms with Crippen LogP contribution in [0.25, 0.3) is 31.3 Å². The van der Waals surface area contributed by atoms with E-state index in [9.17, 15) is 0 Å². The normalized spacial score (nSPS) is 14.8. The molecule has 3 aliphatic rings. The Morgan fingerprint density at radius 2 is 0.814 bits per heavy atom. The van der Waals surface area contributed by atoms with Crippen molar-refractivity contribution >= 4 is 106 Å². The van der Waals surface area contributed by atoms with Crippen molar-refractivity contribution < 1.29 is 0 Å². The molecule has 0 saturated heterocycles. The van der Waals surface area contributed by atoms with Crippen LogP contribution in [-0.2, 0) is 37.9 Å². The van der Waals surface area contributed by atoms with E-state index in [1.54, 1.807) is 0 Å². The maximum absolute atomic E-state index is 2.73. The summed E-state index contributed by atoms with van der Waals surface area (Å²) in [5.41, 5.74) is 27.7. The molecule has 10 aromatic rings. The molecule has 1 aromatic heterocycles. The molecule has 0 unspecified atom stereocenters. The molecule has 0 N–H and O–H groups in total. The molecule has 0 amide bonds. The molecular formula is C81H88BN3S.